The number of rotatable bonds is 21. The Morgan fingerprint density at radius 3 is 1.08 bits per heavy atom. The Kier molecular flexibility index (Phi) is 23.3. The monoisotopic (exact) mass is 1360 g/mol. The van der Waals surface area contributed by atoms with Crippen LogP contribution in [-0.2, 0) is 0 Å². The van der Waals surface area contributed by atoms with E-state index in [9.17, 15) is 14.4 Å². The lowest BCUT2D eigenvalue weighted by Crippen LogP contribution is -2.11. The van der Waals surface area contributed by atoms with Crippen LogP contribution in [0.4, 0.5) is 15.4 Å². The molecule has 22 nitrogen and oxygen atoms in total. The van der Waals surface area contributed by atoms with Gasteiger partial charge in [-0.1, -0.05) is 25.6 Å². The number of nitrogens with one attached hydrogen (secondary N) is 3. The van der Waals surface area contributed by atoms with Crippen molar-refractivity contribution in [3.8, 4) is 68.8 Å². The van der Waals surface area contributed by atoms with Gasteiger partial charge in [0.05, 0.1) is 73.2 Å². The van der Waals surface area contributed by atoms with Crippen molar-refractivity contribution >= 4 is 78.9 Å². The van der Waals surface area contributed by atoms with Crippen LogP contribution >= 0.6 is 45.8 Å². The molecule has 0 aliphatic carbocycles. The number of nitrogens with zero attached hydrogens (tertiary/aromatic N) is 12. The lowest BCUT2D eigenvalue weighted by Gasteiger charge is -2.12. The molecule has 0 bridgehead atoms. The van der Waals surface area contributed by atoms with Gasteiger partial charge in [-0.15, -0.1) is 34.0 Å². The summed E-state index contributed by atoms with van der Waals surface area (Å²) in [7, 11) is 0. The molecule has 3 amide bonds. The van der Waals surface area contributed by atoms with E-state index in [1.807, 2.05) is 81.9 Å². The highest BCUT2D eigenvalue weighted by Gasteiger charge is 2.19. The van der Waals surface area contributed by atoms with Crippen molar-refractivity contribution < 1.29 is 33.3 Å². The summed E-state index contributed by atoms with van der Waals surface area (Å²) in [5.41, 5.74) is 14.2. The van der Waals surface area contributed by atoms with Crippen molar-refractivity contribution in [1.29, 1.82) is 0 Å². The molecule has 0 atom stereocenters. The second kappa shape index (κ2) is 32.9. The summed E-state index contributed by atoms with van der Waals surface area (Å²) in [4.78, 5) is 89.5. The number of aromatic nitrogens is 12. The van der Waals surface area contributed by atoms with Gasteiger partial charge >= 0.3 is 0 Å². The van der Waals surface area contributed by atoms with Crippen LogP contribution in [0.3, 0.4) is 0 Å². The van der Waals surface area contributed by atoms with Gasteiger partial charge in [-0.25, -0.2) is 39.9 Å². The van der Waals surface area contributed by atoms with Gasteiger partial charge in [-0.3, -0.25) is 50.3 Å². The average molecular weight is 1360 g/mol. The summed E-state index contributed by atoms with van der Waals surface area (Å²) in [5.74, 6) is 2.56. The van der Waals surface area contributed by atoms with E-state index >= 15 is 0 Å². The van der Waals surface area contributed by atoms with Crippen LogP contribution in [0.15, 0.2) is 173 Å². The minimum absolute atomic E-state index is 0.203. The van der Waals surface area contributed by atoms with E-state index in [-0.39, 0.29) is 17.7 Å². The predicted octanol–water partition coefficient (Wildman–Crippen LogP) is 16.2. The Morgan fingerprint density at radius 2 is 0.750 bits per heavy atom. The van der Waals surface area contributed by atoms with E-state index in [2.05, 4.69) is 109 Å². The molecule has 0 saturated heterocycles. The van der Waals surface area contributed by atoms with Crippen LogP contribution < -0.4 is 34.9 Å². The highest BCUT2D eigenvalue weighted by atomic mass is 32.2. The van der Waals surface area contributed by atoms with Gasteiger partial charge in [0.25, 0.3) is 17.7 Å². The molecular formula is C70H65N15O7S4. The summed E-state index contributed by atoms with van der Waals surface area (Å²) in [6.45, 7) is 19.3. The molecule has 12 rings (SSSR count). The van der Waals surface area contributed by atoms with E-state index in [4.69, 9.17) is 18.9 Å². The molecule has 96 heavy (non-hydrogen) atoms. The summed E-state index contributed by atoms with van der Waals surface area (Å²) in [5, 5.41) is 16.8. The fourth-order valence-corrected chi connectivity index (χ4v) is 12.6. The molecule has 12 aromatic rings. The Labute approximate surface area is 570 Å². The highest BCUT2D eigenvalue weighted by Crippen LogP contribution is 2.38. The summed E-state index contributed by atoms with van der Waals surface area (Å²) in [6, 6.07) is 22.0. The fraction of sp³-hybridized carbons (Fsp3) is 0.186. The van der Waals surface area contributed by atoms with E-state index in [0.29, 0.717) is 80.3 Å². The zero-order chi connectivity index (χ0) is 67.5. The summed E-state index contributed by atoms with van der Waals surface area (Å²) in [6.07, 6.45) is 21.1. The van der Waals surface area contributed by atoms with Gasteiger partial charge in [-0.05, 0) is 167 Å². The second-order valence-corrected chi connectivity index (χ2v) is 25.0. The lowest BCUT2D eigenvalue weighted by atomic mass is 10.0. The number of aryl methyl sites for hydroxylation is 7. The van der Waals surface area contributed by atoms with Gasteiger partial charge in [0.15, 0.2) is 15.4 Å². The first-order valence-corrected chi connectivity index (χ1v) is 33.6. The molecule has 9 aromatic heterocycles. The second-order valence-electron chi connectivity index (χ2n) is 21.4. The molecule has 26 heteroatoms. The number of hydrogen-bond acceptors (Lipinski definition) is 23. The maximum absolute atomic E-state index is 12.4. The number of benzene rings is 3. The fourth-order valence-electron chi connectivity index (χ4n) is 9.59. The zero-order valence-corrected chi connectivity index (χ0v) is 57.0. The number of carbonyl (C=O) groups is 3. The molecule has 0 saturated carbocycles. The molecular weight excluding hydrogens is 1290 g/mol. The van der Waals surface area contributed by atoms with Crippen LogP contribution in [0.5, 0.6) is 35.0 Å². The summed E-state index contributed by atoms with van der Waals surface area (Å²) >= 11 is 5.72. The minimum Gasteiger partial charge on any atom is -0.477 e. The third-order valence-electron chi connectivity index (χ3n) is 13.8. The number of amides is 3. The molecule has 3 aromatic carbocycles. The molecule has 0 aliphatic rings. The van der Waals surface area contributed by atoms with E-state index in [0.717, 1.165) is 95.6 Å². The van der Waals surface area contributed by atoms with Gasteiger partial charge in [0.2, 0.25) is 23.5 Å². The molecule has 9 heterocycles. The van der Waals surface area contributed by atoms with Gasteiger partial charge in [0.1, 0.15) is 16.5 Å². The standard InChI is InChI=1S/C24H23N5O3S.C24H23N5O2S2.C22H19N5O2S/c1-4-9-31-20-12-27-21(13-26-20)32-18-10-15(2)22(16(3)11-18)19-14-33-24(28-19)29-23(30)17-5-7-25-8-6-17;1-4-9-31-20-12-27-21(13-26-20)33-18-10-15(2)22(16(3)11-18)19-14-32-24(28-19)29-23(30)17-5-7-25-8-6-17;1-13-8-17(29-19-11-24-15(3)10-25-19)9-14(2)20(13)18-12-30-22(26-18)27-21(28)16-4-6-23-7-5-16/h2*5-8,10-14H,4,9H2,1-3H3,(H,28,29,30);4-12H,1-3H3,(H,26,27,28). The summed E-state index contributed by atoms with van der Waals surface area (Å²) < 4.78 is 22.7. The van der Waals surface area contributed by atoms with Crippen LogP contribution in [0.1, 0.15) is 96.8 Å². The number of ether oxygens (including phenoxy) is 4. The van der Waals surface area contributed by atoms with Crippen molar-refractivity contribution in [1.82, 2.24) is 59.8 Å². The largest absolute Gasteiger partial charge is 0.477 e. The maximum Gasteiger partial charge on any atom is 0.257 e. The highest BCUT2D eigenvalue weighted by molar-refractivity contribution is 7.99. The van der Waals surface area contributed by atoms with Gasteiger partial charge < -0.3 is 18.9 Å². The molecule has 0 unspecified atom stereocenters. The Hall–Kier alpha value is -10.8. The third kappa shape index (κ3) is 18.5. The van der Waals surface area contributed by atoms with Crippen LogP contribution in [0.25, 0.3) is 33.8 Å². The molecule has 0 radical (unpaired) electrons. The number of anilines is 3. The Morgan fingerprint density at radius 1 is 0.417 bits per heavy atom. The first-order valence-electron chi connectivity index (χ1n) is 30.1. The first-order chi connectivity index (χ1) is 46.5. The van der Waals surface area contributed by atoms with Crippen LogP contribution in [0, 0.1) is 48.5 Å². The third-order valence-corrected chi connectivity index (χ3v) is 17.0. The number of thiazole rings is 3. The van der Waals surface area contributed by atoms with E-state index < -0.39 is 0 Å². The van der Waals surface area contributed by atoms with Crippen molar-refractivity contribution in [2.75, 3.05) is 29.2 Å². The van der Waals surface area contributed by atoms with Gasteiger partial charge in [-0.2, -0.15) is 0 Å². The Bertz CT molecular complexity index is 4340. The van der Waals surface area contributed by atoms with Crippen molar-refractivity contribution in [3.05, 3.63) is 219 Å². The lowest BCUT2D eigenvalue weighted by molar-refractivity contribution is 0.101. The number of pyridine rings is 3. The maximum atomic E-state index is 12.4. The smallest absolute Gasteiger partial charge is 0.257 e. The minimum atomic E-state index is -0.220. The van der Waals surface area contributed by atoms with Crippen LogP contribution in [0.2, 0.25) is 0 Å². The quantitative estimate of drug-likeness (QED) is 0.0603. The van der Waals surface area contributed by atoms with E-state index in [1.54, 1.807) is 123 Å². The van der Waals surface area contributed by atoms with Gasteiger partial charge in [0, 0.05) is 91.6 Å². The van der Waals surface area contributed by atoms with Crippen molar-refractivity contribution in [2.24, 2.45) is 0 Å². The van der Waals surface area contributed by atoms with Crippen molar-refractivity contribution in [3.63, 3.8) is 0 Å². The first kappa shape index (κ1) is 68.1. The SMILES string of the molecule is CCCOc1cnc(Oc2cc(C)c(-c3csc(NC(=O)c4ccncc4)n3)c(C)c2)cn1.CCCOc1cnc(Sc2cc(C)c(-c3csc(NC(=O)c4ccncc4)n3)c(C)c2)cn1.Cc1cnc(Oc2cc(C)c(-c3csc(NC(=O)c4ccncc4)n3)c(C)c2)cn1. The van der Waals surface area contributed by atoms with Crippen molar-refractivity contribution in [2.45, 2.75) is 85.1 Å². The molecule has 3 N–H and O–H groups in total. The Balaban J connectivity index is 0.000000157. The predicted molar refractivity (Wildman–Crippen MR) is 374 cm³/mol. The molecule has 486 valence electrons. The normalized spacial score (nSPS) is 10.7. The van der Waals surface area contributed by atoms with E-state index in [1.165, 1.54) is 34.0 Å². The average Bonchev–Trinajstić information content (AvgIpc) is 1.55. The molecule has 0 fully saturated rings. The van der Waals surface area contributed by atoms with Crippen LogP contribution in [-0.4, -0.2) is 90.7 Å². The zero-order valence-electron chi connectivity index (χ0n) is 53.8. The number of carbonyl (C=O) groups excluding carboxylic acids is 3. The topological polar surface area (TPSA) is 279 Å². The molecule has 0 spiro atoms. The number of hydrogen-bond donors (Lipinski definition) is 3. The molecule has 0 aliphatic heterocycles.